The Morgan fingerprint density at radius 3 is 2.81 bits per heavy atom. The second-order valence-electron chi connectivity index (χ2n) is 3.99. The molecule has 0 aromatic heterocycles. The van der Waals surface area contributed by atoms with Crippen molar-refractivity contribution >= 4 is 17.4 Å². The zero-order chi connectivity index (χ0) is 11.0. The van der Waals surface area contributed by atoms with Gasteiger partial charge in [-0.25, -0.2) is 0 Å². The van der Waals surface area contributed by atoms with Crippen molar-refractivity contribution in [2.45, 2.75) is 12.3 Å². The minimum Gasteiger partial charge on any atom is -0.486 e. The number of fused-ring (bicyclic) bond motifs is 1. The molecular weight excluding hydrogens is 222 g/mol. The third-order valence-electron chi connectivity index (χ3n) is 2.99. The lowest BCUT2D eigenvalue weighted by Crippen LogP contribution is -2.25. The van der Waals surface area contributed by atoms with Crippen LogP contribution in [-0.2, 0) is 0 Å². The Morgan fingerprint density at radius 2 is 2.06 bits per heavy atom. The molecule has 0 spiro atoms. The van der Waals surface area contributed by atoms with Gasteiger partial charge in [0.2, 0.25) is 0 Å². The highest BCUT2D eigenvalue weighted by atomic mass is 32.2. The highest BCUT2D eigenvalue weighted by Crippen LogP contribution is 2.37. The molecule has 0 saturated carbocycles. The summed E-state index contributed by atoms with van der Waals surface area (Å²) in [6.07, 6.45) is 0. The lowest BCUT2D eigenvalue weighted by atomic mass is 10.2. The van der Waals surface area contributed by atoms with Crippen LogP contribution in [0.15, 0.2) is 18.2 Å². The summed E-state index contributed by atoms with van der Waals surface area (Å²) in [5, 5.41) is 0.558. The molecule has 1 saturated heterocycles. The van der Waals surface area contributed by atoms with Crippen LogP contribution in [-0.4, -0.2) is 30.9 Å². The molecule has 0 N–H and O–H groups in total. The highest BCUT2D eigenvalue weighted by molar-refractivity contribution is 8.00. The molecule has 0 bridgehead atoms. The molecule has 2 aliphatic rings. The highest BCUT2D eigenvalue weighted by Gasteiger charge is 2.22. The van der Waals surface area contributed by atoms with Gasteiger partial charge in [0.15, 0.2) is 11.5 Å². The third-order valence-corrected chi connectivity index (χ3v) is 4.14. The van der Waals surface area contributed by atoms with E-state index in [2.05, 4.69) is 24.0 Å². The topological polar surface area (TPSA) is 21.7 Å². The molecule has 0 radical (unpaired) electrons. The Kier molecular flexibility index (Phi) is 2.59. The van der Waals surface area contributed by atoms with Gasteiger partial charge in [0.1, 0.15) is 13.2 Å². The van der Waals surface area contributed by atoms with E-state index >= 15 is 0 Å². The first-order chi connectivity index (χ1) is 7.84. The van der Waals surface area contributed by atoms with Crippen molar-refractivity contribution in [1.82, 2.24) is 0 Å². The van der Waals surface area contributed by atoms with Crippen molar-refractivity contribution in [2.75, 3.05) is 30.4 Å². The number of anilines is 1. The number of ether oxygens (including phenoxy) is 2. The Labute approximate surface area is 99.7 Å². The molecule has 2 heterocycles. The molecule has 2 aliphatic heterocycles. The van der Waals surface area contributed by atoms with Gasteiger partial charge in [-0.3, -0.25) is 0 Å². The van der Waals surface area contributed by atoms with Crippen LogP contribution in [0, 0.1) is 0 Å². The fourth-order valence-electron chi connectivity index (χ4n) is 2.14. The summed E-state index contributed by atoms with van der Waals surface area (Å²) in [5.74, 6) is 2.96. The van der Waals surface area contributed by atoms with E-state index in [-0.39, 0.29) is 0 Å². The van der Waals surface area contributed by atoms with Crippen molar-refractivity contribution < 1.29 is 9.47 Å². The van der Waals surface area contributed by atoms with Gasteiger partial charge in [-0.2, -0.15) is 0 Å². The first-order valence-electron chi connectivity index (χ1n) is 5.62. The smallest absolute Gasteiger partial charge is 0.163 e. The molecule has 86 valence electrons. The van der Waals surface area contributed by atoms with Crippen LogP contribution in [0.2, 0.25) is 0 Å². The summed E-state index contributed by atoms with van der Waals surface area (Å²) in [6, 6.07) is 6.23. The van der Waals surface area contributed by atoms with Crippen LogP contribution >= 0.6 is 11.8 Å². The van der Waals surface area contributed by atoms with Gasteiger partial charge in [-0.1, -0.05) is 0 Å². The number of rotatable bonds is 1. The largest absolute Gasteiger partial charge is 0.486 e. The molecule has 3 rings (SSSR count). The maximum Gasteiger partial charge on any atom is 0.163 e. The fraction of sp³-hybridized carbons (Fsp3) is 0.500. The molecule has 4 heteroatoms. The number of thioether (sulfide) groups is 1. The van der Waals surface area contributed by atoms with E-state index in [1.807, 2.05) is 17.8 Å². The quantitative estimate of drug-likeness (QED) is 0.747. The van der Waals surface area contributed by atoms with Gasteiger partial charge in [-0.05, 0) is 19.1 Å². The normalized spacial score (nSPS) is 23.6. The Hall–Kier alpha value is -1.03. The minimum atomic E-state index is 0.558. The van der Waals surface area contributed by atoms with E-state index in [0.29, 0.717) is 18.6 Å². The molecular formula is C12H15NO2S. The minimum absolute atomic E-state index is 0.558. The summed E-state index contributed by atoms with van der Waals surface area (Å²) in [4.78, 5) is 2.41. The summed E-state index contributed by atoms with van der Waals surface area (Å²) < 4.78 is 11.1. The van der Waals surface area contributed by atoms with Crippen molar-refractivity contribution in [3.8, 4) is 11.5 Å². The van der Waals surface area contributed by atoms with Crippen LogP contribution < -0.4 is 14.4 Å². The van der Waals surface area contributed by atoms with Gasteiger partial charge >= 0.3 is 0 Å². The summed E-state index contributed by atoms with van der Waals surface area (Å²) in [5.41, 5.74) is 1.24. The van der Waals surface area contributed by atoms with Crippen molar-refractivity contribution in [1.29, 1.82) is 0 Å². The summed E-state index contributed by atoms with van der Waals surface area (Å²) in [6.45, 7) is 4.67. The Morgan fingerprint density at radius 1 is 1.25 bits per heavy atom. The lowest BCUT2D eigenvalue weighted by molar-refractivity contribution is 0.171. The fourth-order valence-corrected chi connectivity index (χ4v) is 3.19. The van der Waals surface area contributed by atoms with Crippen molar-refractivity contribution in [3.63, 3.8) is 0 Å². The number of hydrogen-bond donors (Lipinski definition) is 0. The van der Waals surface area contributed by atoms with Crippen LogP contribution in [0.5, 0.6) is 11.5 Å². The molecule has 1 aromatic carbocycles. The van der Waals surface area contributed by atoms with E-state index in [1.165, 1.54) is 11.4 Å². The molecule has 3 nitrogen and oxygen atoms in total. The predicted octanol–water partition coefficient (Wildman–Crippen LogP) is 2.36. The predicted molar refractivity (Wildman–Crippen MR) is 66.7 cm³/mol. The SMILES string of the molecule is CC1SCCN1c1ccc2c(c1)OCCO2. The maximum absolute atomic E-state index is 5.60. The van der Waals surface area contributed by atoms with E-state index in [1.54, 1.807) is 0 Å². The number of nitrogens with zero attached hydrogens (tertiary/aromatic N) is 1. The lowest BCUT2D eigenvalue weighted by Gasteiger charge is -2.25. The van der Waals surface area contributed by atoms with Crippen LogP contribution in [0.3, 0.4) is 0 Å². The van der Waals surface area contributed by atoms with Crippen molar-refractivity contribution in [2.24, 2.45) is 0 Å². The average Bonchev–Trinajstić information content (AvgIpc) is 2.75. The van der Waals surface area contributed by atoms with E-state index < -0.39 is 0 Å². The first kappa shape index (κ1) is 10.1. The summed E-state index contributed by atoms with van der Waals surface area (Å²) in [7, 11) is 0. The molecule has 0 amide bonds. The molecule has 1 fully saturated rings. The second-order valence-corrected chi connectivity index (χ2v) is 5.42. The van der Waals surface area contributed by atoms with Crippen LogP contribution in [0.4, 0.5) is 5.69 Å². The first-order valence-corrected chi connectivity index (χ1v) is 6.67. The Bertz CT molecular complexity index is 397. The van der Waals surface area contributed by atoms with Crippen LogP contribution in [0.1, 0.15) is 6.92 Å². The second kappa shape index (κ2) is 4.09. The molecule has 1 aromatic rings. The monoisotopic (exact) mass is 237 g/mol. The molecule has 0 aliphatic carbocycles. The van der Waals surface area contributed by atoms with Crippen LogP contribution in [0.25, 0.3) is 0 Å². The van der Waals surface area contributed by atoms with Crippen molar-refractivity contribution in [3.05, 3.63) is 18.2 Å². The standard InChI is InChI=1S/C12H15NO2S/c1-9-13(4-7-16-9)10-2-3-11-12(8-10)15-6-5-14-11/h2-3,8-9H,4-7H2,1H3. The third kappa shape index (κ3) is 1.71. The van der Waals surface area contributed by atoms with E-state index in [9.17, 15) is 0 Å². The van der Waals surface area contributed by atoms with E-state index in [0.717, 1.165) is 18.0 Å². The maximum atomic E-state index is 5.60. The molecule has 1 atom stereocenters. The molecule has 1 unspecified atom stereocenters. The van der Waals surface area contributed by atoms with Gasteiger partial charge in [0, 0.05) is 24.1 Å². The van der Waals surface area contributed by atoms with Gasteiger partial charge in [-0.15, -0.1) is 11.8 Å². The van der Waals surface area contributed by atoms with Gasteiger partial charge < -0.3 is 14.4 Å². The Balaban J connectivity index is 1.90. The average molecular weight is 237 g/mol. The van der Waals surface area contributed by atoms with Gasteiger partial charge in [0.05, 0.1) is 5.37 Å². The van der Waals surface area contributed by atoms with E-state index in [4.69, 9.17) is 9.47 Å². The number of benzene rings is 1. The molecule has 16 heavy (non-hydrogen) atoms. The van der Waals surface area contributed by atoms with Gasteiger partial charge in [0.25, 0.3) is 0 Å². The zero-order valence-electron chi connectivity index (χ0n) is 9.31. The zero-order valence-corrected chi connectivity index (χ0v) is 10.1. The summed E-state index contributed by atoms with van der Waals surface area (Å²) >= 11 is 1.99. The number of hydrogen-bond acceptors (Lipinski definition) is 4.